The molecule has 0 aliphatic heterocycles. The summed E-state index contributed by atoms with van der Waals surface area (Å²) in [6.07, 6.45) is 8.23. The molecule has 2 rings (SSSR count). The average Bonchev–Trinajstić information content (AvgIpc) is 2.33. The summed E-state index contributed by atoms with van der Waals surface area (Å²) in [5.74, 6) is 0. The molecule has 1 nitrogen and oxygen atoms in total. The molecule has 1 aromatic rings. The highest BCUT2D eigenvalue weighted by molar-refractivity contribution is 6.30. The largest absolute Gasteiger partial charge is 0.324 e. The number of benzene rings is 1. The highest BCUT2D eigenvalue weighted by Gasteiger charge is 2.12. The molecule has 0 bridgehead atoms. The van der Waals surface area contributed by atoms with Crippen LogP contribution >= 0.6 is 11.6 Å². The Labute approximate surface area is 102 Å². The van der Waals surface area contributed by atoms with Gasteiger partial charge in [-0.05, 0) is 49.8 Å². The van der Waals surface area contributed by atoms with Gasteiger partial charge >= 0.3 is 0 Å². The van der Waals surface area contributed by atoms with E-state index < -0.39 is 0 Å². The summed E-state index contributed by atoms with van der Waals surface area (Å²) in [5, 5.41) is 0.786. The van der Waals surface area contributed by atoms with Crippen molar-refractivity contribution in [3.63, 3.8) is 0 Å². The van der Waals surface area contributed by atoms with Crippen molar-refractivity contribution in [2.45, 2.75) is 38.1 Å². The molecule has 0 spiro atoms. The first kappa shape index (κ1) is 11.7. The maximum absolute atomic E-state index is 6.22. The number of hydrogen-bond acceptors (Lipinski definition) is 1. The van der Waals surface area contributed by atoms with E-state index >= 15 is 0 Å². The maximum Gasteiger partial charge on any atom is 0.0406 e. The first-order valence-corrected chi connectivity index (χ1v) is 6.32. The van der Waals surface area contributed by atoms with Crippen LogP contribution in [-0.2, 0) is 6.42 Å². The van der Waals surface area contributed by atoms with Crippen molar-refractivity contribution in [2.75, 3.05) is 0 Å². The molecule has 0 radical (unpaired) electrons. The fraction of sp³-hybridized carbons (Fsp3) is 0.429. The lowest BCUT2D eigenvalue weighted by atomic mass is 9.91. The highest BCUT2D eigenvalue weighted by Crippen LogP contribution is 2.21. The Bertz CT molecular complexity index is 367. The van der Waals surface area contributed by atoms with Gasteiger partial charge in [-0.2, -0.15) is 0 Å². The van der Waals surface area contributed by atoms with Gasteiger partial charge in [0.15, 0.2) is 0 Å². The number of hydrogen-bond donors (Lipinski definition) is 1. The van der Waals surface area contributed by atoms with E-state index in [1.807, 2.05) is 12.1 Å². The van der Waals surface area contributed by atoms with Gasteiger partial charge in [-0.3, -0.25) is 0 Å². The van der Waals surface area contributed by atoms with Crippen molar-refractivity contribution in [1.29, 1.82) is 0 Å². The Hall–Kier alpha value is -0.790. The van der Waals surface area contributed by atoms with Crippen molar-refractivity contribution in [1.82, 2.24) is 0 Å². The summed E-state index contributed by atoms with van der Waals surface area (Å²) in [5.41, 5.74) is 8.92. The Kier molecular flexibility index (Phi) is 4.03. The smallest absolute Gasteiger partial charge is 0.0406 e. The van der Waals surface area contributed by atoms with Crippen molar-refractivity contribution in [3.8, 4) is 0 Å². The Morgan fingerprint density at radius 1 is 1.19 bits per heavy atom. The van der Waals surface area contributed by atoms with Crippen LogP contribution < -0.4 is 5.73 Å². The maximum atomic E-state index is 6.22. The van der Waals surface area contributed by atoms with E-state index in [1.54, 1.807) is 0 Å². The quantitative estimate of drug-likeness (QED) is 0.795. The zero-order valence-corrected chi connectivity index (χ0v) is 10.2. The Morgan fingerprint density at radius 2 is 1.94 bits per heavy atom. The monoisotopic (exact) mass is 235 g/mol. The zero-order valence-electron chi connectivity index (χ0n) is 9.45. The summed E-state index contributed by atoms with van der Waals surface area (Å²) in [7, 11) is 0. The second-order valence-electron chi connectivity index (χ2n) is 4.46. The number of rotatable bonds is 3. The molecule has 1 aromatic carbocycles. The third-order valence-electron chi connectivity index (χ3n) is 3.17. The third kappa shape index (κ3) is 3.10. The highest BCUT2D eigenvalue weighted by atomic mass is 35.5. The molecule has 86 valence electrons. The van der Waals surface area contributed by atoms with E-state index in [0.29, 0.717) is 0 Å². The summed E-state index contributed by atoms with van der Waals surface area (Å²) >= 11 is 5.85. The molecule has 0 saturated heterocycles. The average molecular weight is 236 g/mol. The number of allylic oxidation sites excluding steroid dienone is 1. The van der Waals surface area contributed by atoms with Gasteiger partial charge in [0.25, 0.3) is 0 Å². The molecule has 0 aromatic heterocycles. The molecule has 1 unspecified atom stereocenters. The minimum Gasteiger partial charge on any atom is -0.324 e. The van der Waals surface area contributed by atoms with Crippen LogP contribution in [0.3, 0.4) is 0 Å². The summed E-state index contributed by atoms with van der Waals surface area (Å²) < 4.78 is 0. The minimum atomic E-state index is 0.182. The molecule has 1 aliphatic carbocycles. The predicted molar refractivity (Wildman–Crippen MR) is 69.7 cm³/mol. The second-order valence-corrected chi connectivity index (χ2v) is 4.90. The lowest BCUT2D eigenvalue weighted by Crippen LogP contribution is -2.26. The van der Waals surface area contributed by atoms with Crippen molar-refractivity contribution in [3.05, 3.63) is 46.5 Å². The van der Waals surface area contributed by atoms with Gasteiger partial charge in [-0.25, -0.2) is 0 Å². The molecule has 0 heterocycles. The number of nitrogens with two attached hydrogens (primary N) is 1. The van der Waals surface area contributed by atoms with Crippen LogP contribution in [0.2, 0.25) is 5.02 Å². The van der Waals surface area contributed by atoms with Crippen molar-refractivity contribution >= 4 is 11.6 Å². The molecule has 1 aliphatic rings. The van der Waals surface area contributed by atoms with E-state index in [1.165, 1.54) is 36.8 Å². The molecule has 2 N–H and O–H groups in total. The molecule has 16 heavy (non-hydrogen) atoms. The van der Waals surface area contributed by atoms with Gasteiger partial charge in [-0.1, -0.05) is 35.4 Å². The standard InChI is InChI=1S/C14H18ClN/c15-13-8-6-11(7-9-13)10-14(16)12-4-2-1-3-5-12/h4,6-9,14H,1-3,5,10,16H2. The third-order valence-corrected chi connectivity index (χ3v) is 3.42. The zero-order chi connectivity index (χ0) is 11.4. The van der Waals surface area contributed by atoms with Crippen LogP contribution in [0.1, 0.15) is 31.2 Å². The van der Waals surface area contributed by atoms with E-state index in [0.717, 1.165) is 11.4 Å². The molecule has 0 saturated carbocycles. The molecule has 0 fully saturated rings. The molecule has 2 heteroatoms. The van der Waals surface area contributed by atoms with Gasteiger partial charge in [0, 0.05) is 11.1 Å². The normalized spacial score (nSPS) is 18.0. The topological polar surface area (TPSA) is 26.0 Å². The SMILES string of the molecule is NC(Cc1ccc(Cl)cc1)C1=CCCCC1. The van der Waals surface area contributed by atoms with Gasteiger partial charge in [0.2, 0.25) is 0 Å². The van der Waals surface area contributed by atoms with E-state index in [4.69, 9.17) is 17.3 Å². The fourth-order valence-electron chi connectivity index (χ4n) is 2.21. The second kappa shape index (κ2) is 5.51. The fourth-order valence-corrected chi connectivity index (χ4v) is 2.33. The first-order valence-electron chi connectivity index (χ1n) is 5.94. The van der Waals surface area contributed by atoms with E-state index in [2.05, 4.69) is 18.2 Å². The number of halogens is 1. The Balaban J connectivity index is 1.98. The Morgan fingerprint density at radius 3 is 2.56 bits per heavy atom. The van der Waals surface area contributed by atoms with Gasteiger partial charge in [0.05, 0.1) is 0 Å². The van der Waals surface area contributed by atoms with E-state index in [9.17, 15) is 0 Å². The molecule has 1 atom stereocenters. The van der Waals surface area contributed by atoms with Crippen LogP contribution in [0.5, 0.6) is 0 Å². The molecule has 0 amide bonds. The lowest BCUT2D eigenvalue weighted by molar-refractivity contribution is 0.630. The lowest BCUT2D eigenvalue weighted by Gasteiger charge is -2.19. The van der Waals surface area contributed by atoms with Crippen LogP contribution in [0.15, 0.2) is 35.9 Å². The summed E-state index contributed by atoms with van der Waals surface area (Å²) in [6, 6.07) is 8.16. The van der Waals surface area contributed by atoms with Crippen molar-refractivity contribution < 1.29 is 0 Å². The predicted octanol–water partition coefficient (Wildman–Crippen LogP) is 3.71. The van der Waals surface area contributed by atoms with Gasteiger partial charge < -0.3 is 5.73 Å². The molecular formula is C14H18ClN. The van der Waals surface area contributed by atoms with Crippen LogP contribution in [0.25, 0.3) is 0 Å². The summed E-state index contributed by atoms with van der Waals surface area (Å²) in [6.45, 7) is 0. The van der Waals surface area contributed by atoms with E-state index in [-0.39, 0.29) is 6.04 Å². The van der Waals surface area contributed by atoms with Crippen LogP contribution in [-0.4, -0.2) is 6.04 Å². The van der Waals surface area contributed by atoms with Crippen LogP contribution in [0, 0.1) is 0 Å². The van der Waals surface area contributed by atoms with Gasteiger partial charge in [-0.15, -0.1) is 0 Å². The van der Waals surface area contributed by atoms with Crippen LogP contribution in [0.4, 0.5) is 0 Å². The summed E-state index contributed by atoms with van der Waals surface area (Å²) in [4.78, 5) is 0. The van der Waals surface area contributed by atoms with Gasteiger partial charge in [0.1, 0.15) is 0 Å². The molecular weight excluding hydrogens is 218 g/mol. The first-order chi connectivity index (χ1) is 7.75. The minimum absolute atomic E-state index is 0.182. The van der Waals surface area contributed by atoms with Crippen molar-refractivity contribution in [2.24, 2.45) is 5.73 Å².